The van der Waals surface area contributed by atoms with Crippen LogP contribution in [0.4, 0.5) is 0 Å². The molecule has 4 heterocycles. The predicted molar refractivity (Wildman–Crippen MR) is 112 cm³/mol. The van der Waals surface area contributed by atoms with Gasteiger partial charge in [0, 0.05) is 24.5 Å². The maximum Gasteiger partial charge on any atom is 0.250 e. The van der Waals surface area contributed by atoms with E-state index in [0.717, 1.165) is 16.5 Å². The molecule has 1 amide bonds. The number of amides is 1. The zero-order valence-electron chi connectivity index (χ0n) is 15.8. The van der Waals surface area contributed by atoms with Gasteiger partial charge in [-0.25, -0.2) is 18.1 Å². The Morgan fingerprint density at radius 2 is 2.07 bits per heavy atom. The third kappa shape index (κ3) is 4.77. The van der Waals surface area contributed by atoms with E-state index >= 15 is 0 Å². The molecule has 3 aromatic heterocycles. The summed E-state index contributed by atoms with van der Waals surface area (Å²) >= 11 is 2.66. The molecule has 0 aliphatic carbocycles. The van der Waals surface area contributed by atoms with Crippen LogP contribution < -0.4 is 4.72 Å². The molecule has 7 nitrogen and oxygen atoms in total. The van der Waals surface area contributed by atoms with Crippen molar-refractivity contribution < 1.29 is 17.6 Å². The second-order valence-electron chi connectivity index (χ2n) is 6.94. The van der Waals surface area contributed by atoms with Gasteiger partial charge in [0.2, 0.25) is 15.9 Å². The first-order valence-corrected chi connectivity index (χ1v) is 12.5. The van der Waals surface area contributed by atoms with E-state index in [-0.39, 0.29) is 18.4 Å². The summed E-state index contributed by atoms with van der Waals surface area (Å²) in [6, 6.07) is 6.93. The largest absolute Gasteiger partial charge is 0.459 e. The molecule has 0 bridgehead atoms. The van der Waals surface area contributed by atoms with E-state index in [1.807, 2.05) is 24.4 Å². The van der Waals surface area contributed by atoms with Crippen LogP contribution in [0, 0.1) is 6.92 Å². The molecule has 4 rings (SSSR count). The number of sulfonamides is 1. The number of carbonyl (C=O) groups excluding carboxylic acids is 1. The Labute approximate surface area is 177 Å². The van der Waals surface area contributed by atoms with Gasteiger partial charge in [-0.15, -0.1) is 22.7 Å². The number of aryl methyl sites for hydroxylation is 1. The van der Waals surface area contributed by atoms with E-state index in [4.69, 9.17) is 4.42 Å². The fourth-order valence-corrected chi connectivity index (χ4v) is 6.35. The van der Waals surface area contributed by atoms with E-state index in [0.29, 0.717) is 35.9 Å². The minimum Gasteiger partial charge on any atom is -0.459 e. The van der Waals surface area contributed by atoms with Gasteiger partial charge in [-0.3, -0.25) is 4.79 Å². The first-order chi connectivity index (χ1) is 13.9. The molecular weight excluding hydrogens is 430 g/mol. The Bertz CT molecular complexity index is 1080. The van der Waals surface area contributed by atoms with Crippen molar-refractivity contribution in [2.45, 2.75) is 36.4 Å². The highest BCUT2D eigenvalue weighted by Crippen LogP contribution is 2.26. The molecule has 154 valence electrons. The van der Waals surface area contributed by atoms with Crippen LogP contribution in [0.2, 0.25) is 0 Å². The Kier molecular flexibility index (Phi) is 5.86. The van der Waals surface area contributed by atoms with E-state index in [2.05, 4.69) is 9.71 Å². The zero-order valence-corrected chi connectivity index (χ0v) is 18.3. The molecule has 10 heteroatoms. The lowest BCUT2D eigenvalue weighted by Crippen LogP contribution is -2.46. The summed E-state index contributed by atoms with van der Waals surface area (Å²) in [5.74, 6) is 1.55. The lowest BCUT2D eigenvalue weighted by molar-refractivity contribution is -0.131. The van der Waals surface area contributed by atoms with Gasteiger partial charge in [-0.1, -0.05) is 6.07 Å². The molecule has 0 unspecified atom stereocenters. The van der Waals surface area contributed by atoms with Crippen LogP contribution in [0.3, 0.4) is 0 Å². The number of nitrogens with one attached hydrogen (secondary N) is 1. The second-order valence-corrected chi connectivity index (χ2v) is 10.7. The maximum atomic E-state index is 12.6. The minimum atomic E-state index is -3.48. The van der Waals surface area contributed by atoms with Crippen LogP contribution >= 0.6 is 22.7 Å². The average molecular weight is 452 g/mol. The van der Waals surface area contributed by atoms with Crippen molar-refractivity contribution in [1.29, 1.82) is 0 Å². The topological polar surface area (TPSA) is 92.5 Å². The number of thiophene rings is 1. The summed E-state index contributed by atoms with van der Waals surface area (Å²) in [5, 5.41) is 4.39. The minimum absolute atomic E-state index is 0.0111. The highest BCUT2D eigenvalue weighted by Gasteiger charge is 2.27. The molecule has 0 spiro atoms. The number of aromatic nitrogens is 1. The summed E-state index contributed by atoms with van der Waals surface area (Å²) in [6.45, 7) is 2.95. The van der Waals surface area contributed by atoms with E-state index in [1.165, 1.54) is 22.7 Å². The number of thiazole rings is 1. The number of hydrogen-bond donors (Lipinski definition) is 1. The summed E-state index contributed by atoms with van der Waals surface area (Å²) in [7, 11) is -3.48. The van der Waals surface area contributed by atoms with Gasteiger partial charge in [-0.2, -0.15) is 0 Å². The molecular formula is C19H21N3O4S3. The molecule has 1 fully saturated rings. The Morgan fingerprint density at radius 3 is 2.72 bits per heavy atom. The Balaban J connectivity index is 1.30. The molecule has 1 N–H and O–H groups in total. The van der Waals surface area contributed by atoms with Crippen LogP contribution in [0.25, 0.3) is 10.8 Å². The van der Waals surface area contributed by atoms with Gasteiger partial charge in [0.25, 0.3) is 0 Å². The number of likely N-dealkylation sites (tertiary alicyclic amines) is 1. The first kappa shape index (κ1) is 20.3. The quantitative estimate of drug-likeness (QED) is 0.621. The summed E-state index contributed by atoms with van der Waals surface area (Å²) in [6.07, 6.45) is 1.44. The van der Waals surface area contributed by atoms with Crippen molar-refractivity contribution in [2.75, 3.05) is 13.1 Å². The van der Waals surface area contributed by atoms with Crippen molar-refractivity contribution >= 4 is 38.6 Å². The first-order valence-electron chi connectivity index (χ1n) is 9.25. The van der Waals surface area contributed by atoms with Crippen LogP contribution in [0.5, 0.6) is 0 Å². The molecule has 29 heavy (non-hydrogen) atoms. The van der Waals surface area contributed by atoms with Gasteiger partial charge in [0.05, 0.1) is 12.1 Å². The summed E-state index contributed by atoms with van der Waals surface area (Å²) in [4.78, 5) is 18.9. The number of hydrogen-bond acceptors (Lipinski definition) is 7. The van der Waals surface area contributed by atoms with Crippen molar-refractivity contribution in [1.82, 2.24) is 14.6 Å². The standard InChI is InChI=1S/C19H21N3O4S3/c1-13-4-5-16(26-13)19-20-15(12-28-19)11-17(23)22-8-6-14(7-9-22)21-29(24,25)18-3-2-10-27-18/h2-5,10,12,14,21H,6-9,11H2,1H3. The lowest BCUT2D eigenvalue weighted by atomic mass is 10.1. The Hall–Kier alpha value is -2.01. The molecule has 0 atom stereocenters. The van der Waals surface area contributed by atoms with Crippen molar-refractivity contribution in [3.05, 3.63) is 46.5 Å². The van der Waals surface area contributed by atoms with Crippen LogP contribution in [0.15, 0.2) is 43.7 Å². The third-order valence-electron chi connectivity index (χ3n) is 4.76. The molecule has 0 saturated carbocycles. The molecule has 1 aliphatic rings. The smallest absolute Gasteiger partial charge is 0.250 e. The SMILES string of the molecule is Cc1ccc(-c2nc(CC(=O)N3CCC(NS(=O)(=O)c4cccs4)CC3)cs2)o1. The maximum absolute atomic E-state index is 12.6. The summed E-state index contributed by atoms with van der Waals surface area (Å²) < 4.78 is 33.3. The third-order valence-corrected chi connectivity index (χ3v) is 8.59. The summed E-state index contributed by atoms with van der Waals surface area (Å²) in [5.41, 5.74) is 0.726. The van der Waals surface area contributed by atoms with E-state index < -0.39 is 10.0 Å². The van der Waals surface area contributed by atoms with Crippen LogP contribution in [-0.2, 0) is 21.2 Å². The Morgan fingerprint density at radius 1 is 1.28 bits per heavy atom. The fourth-order valence-electron chi connectivity index (χ4n) is 3.26. The van der Waals surface area contributed by atoms with Crippen molar-refractivity contribution in [3.63, 3.8) is 0 Å². The molecule has 0 radical (unpaired) electrons. The van der Waals surface area contributed by atoms with Crippen molar-refractivity contribution in [2.24, 2.45) is 0 Å². The highest BCUT2D eigenvalue weighted by atomic mass is 32.2. The number of furan rings is 1. The molecule has 0 aromatic carbocycles. The van der Waals surface area contributed by atoms with Crippen LogP contribution in [0.1, 0.15) is 24.3 Å². The number of rotatable bonds is 6. The van der Waals surface area contributed by atoms with Crippen LogP contribution in [-0.4, -0.2) is 43.3 Å². The van der Waals surface area contributed by atoms with Gasteiger partial charge < -0.3 is 9.32 Å². The monoisotopic (exact) mass is 451 g/mol. The van der Waals surface area contributed by atoms with Crippen molar-refractivity contribution in [3.8, 4) is 10.8 Å². The lowest BCUT2D eigenvalue weighted by Gasteiger charge is -2.32. The predicted octanol–water partition coefficient (Wildman–Crippen LogP) is 3.29. The average Bonchev–Trinajstić information content (AvgIpc) is 3.43. The molecule has 3 aromatic rings. The fraction of sp³-hybridized carbons (Fsp3) is 0.368. The van der Waals surface area contributed by atoms with Gasteiger partial charge in [0.15, 0.2) is 10.8 Å². The van der Waals surface area contributed by atoms with E-state index in [1.54, 1.807) is 22.4 Å². The van der Waals surface area contributed by atoms with Gasteiger partial charge in [0.1, 0.15) is 9.97 Å². The van der Waals surface area contributed by atoms with E-state index in [9.17, 15) is 13.2 Å². The number of piperidine rings is 1. The number of nitrogens with zero attached hydrogens (tertiary/aromatic N) is 2. The molecule has 1 aliphatic heterocycles. The highest BCUT2D eigenvalue weighted by molar-refractivity contribution is 7.91. The zero-order chi connectivity index (χ0) is 20.4. The molecule has 1 saturated heterocycles. The number of carbonyl (C=O) groups is 1. The second kappa shape index (κ2) is 8.39. The van der Waals surface area contributed by atoms with Gasteiger partial charge >= 0.3 is 0 Å². The normalized spacial score (nSPS) is 15.7. The van der Waals surface area contributed by atoms with Gasteiger partial charge in [-0.05, 0) is 43.3 Å².